The van der Waals surface area contributed by atoms with Crippen LogP contribution in [0, 0.1) is 39.4 Å². The van der Waals surface area contributed by atoms with Gasteiger partial charge in [0.1, 0.15) is 5.78 Å². The normalized spacial score (nSPS) is 48.0. The predicted octanol–water partition coefficient (Wildman–Crippen LogP) is 5.21. The van der Waals surface area contributed by atoms with E-state index in [0.717, 1.165) is 44.9 Å². The van der Waals surface area contributed by atoms with E-state index >= 15 is 0 Å². The Labute approximate surface area is 200 Å². The monoisotopic (exact) mass is 458 g/mol. The Hall–Kier alpha value is -0.970. The summed E-state index contributed by atoms with van der Waals surface area (Å²) in [5, 5.41) is 32.1. The van der Waals surface area contributed by atoms with Crippen LogP contribution in [0.5, 0.6) is 0 Å². The van der Waals surface area contributed by atoms with Gasteiger partial charge in [0, 0.05) is 11.3 Å². The first-order valence-electron chi connectivity index (χ1n) is 13.2. The lowest BCUT2D eigenvalue weighted by molar-refractivity contribution is -0.239. The Morgan fingerprint density at radius 2 is 1.85 bits per heavy atom. The lowest BCUT2D eigenvalue weighted by Crippen LogP contribution is -2.67. The zero-order valence-electron chi connectivity index (χ0n) is 21.7. The van der Waals surface area contributed by atoms with Gasteiger partial charge in [-0.25, -0.2) is 0 Å². The second kappa shape index (κ2) is 8.31. The summed E-state index contributed by atoms with van der Waals surface area (Å²) in [5.74, 6) is 1.03. The Balaban J connectivity index is 1.66. The average molecular weight is 459 g/mol. The van der Waals surface area contributed by atoms with E-state index in [9.17, 15) is 20.1 Å². The molecule has 4 nitrogen and oxygen atoms in total. The maximum atomic E-state index is 11.7. The number of rotatable bonds is 5. The van der Waals surface area contributed by atoms with Crippen LogP contribution in [0.1, 0.15) is 92.9 Å². The molecule has 4 rings (SSSR count). The molecule has 0 spiro atoms. The number of carbonyl (C=O) groups excluding carboxylic acids is 1. The Morgan fingerprint density at radius 3 is 2.48 bits per heavy atom. The maximum Gasteiger partial charge on any atom is 0.132 e. The molecule has 2 saturated carbocycles. The van der Waals surface area contributed by atoms with E-state index in [-0.39, 0.29) is 40.5 Å². The summed E-state index contributed by atoms with van der Waals surface area (Å²) >= 11 is 0. The van der Waals surface area contributed by atoms with Gasteiger partial charge in [-0.2, -0.15) is 0 Å². The molecule has 4 aliphatic carbocycles. The Bertz CT molecular complexity index is 860. The van der Waals surface area contributed by atoms with Crippen LogP contribution in [0.4, 0.5) is 0 Å². The van der Waals surface area contributed by atoms with E-state index in [1.165, 1.54) is 11.1 Å². The fraction of sp³-hybridized carbons (Fsp3) is 0.828. The van der Waals surface area contributed by atoms with Gasteiger partial charge in [0.05, 0.1) is 18.8 Å². The lowest BCUT2D eigenvalue weighted by Gasteiger charge is -2.69. The molecule has 0 bridgehead atoms. The van der Waals surface area contributed by atoms with Crippen molar-refractivity contribution in [2.75, 3.05) is 6.61 Å². The molecule has 0 aromatic rings. The number of ketones is 1. The van der Waals surface area contributed by atoms with Gasteiger partial charge < -0.3 is 15.3 Å². The van der Waals surface area contributed by atoms with E-state index in [0.29, 0.717) is 12.3 Å². The highest BCUT2D eigenvalue weighted by Crippen LogP contribution is 2.72. The van der Waals surface area contributed by atoms with Gasteiger partial charge >= 0.3 is 0 Å². The predicted molar refractivity (Wildman–Crippen MR) is 131 cm³/mol. The topological polar surface area (TPSA) is 77.8 Å². The van der Waals surface area contributed by atoms with Gasteiger partial charge in [-0.1, -0.05) is 52.3 Å². The van der Waals surface area contributed by atoms with Crippen LogP contribution in [-0.2, 0) is 4.79 Å². The smallest absolute Gasteiger partial charge is 0.132 e. The maximum absolute atomic E-state index is 11.7. The number of aliphatic hydroxyl groups is 3. The summed E-state index contributed by atoms with van der Waals surface area (Å²) in [6.45, 7) is 12.9. The minimum atomic E-state index is -0.868. The molecule has 9 atom stereocenters. The van der Waals surface area contributed by atoms with Crippen molar-refractivity contribution in [2.24, 2.45) is 39.4 Å². The van der Waals surface area contributed by atoms with Crippen LogP contribution in [0.15, 0.2) is 23.3 Å². The number of allylic oxidation sites excluding steroid dienone is 4. The highest BCUT2D eigenvalue weighted by atomic mass is 16.3. The molecule has 3 N–H and O–H groups in total. The highest BCUT2D eigenvalue weighted by molar-refractivity contribution is 5.77. The largest absolute Gasteiger partial charge is 0.396 e. The molecule has 0 saturated heterocycles. The minimum Gasteiger partial charge on any atom is -0.396 e. The third-order valence-corrected chi connectivity index (χ3v) is 11.5. The Morgan fingerprint density at radius 1 is 1.15 bits per heavy atom. The van der Waals surface area contributed by atoms with Crippen molar-refractivity contribution in [3.8, 4) is 0 Å². The van der Waals surface area contributed by atoms with Crippen LogP contribution in [0.3, 0.4) is 0 Å². The van der Waals surface area contributed by atoms with Crippen molar-refractivity contribution < 1.29 is 20.1 Å². The zero-order chi connectivity index (χ0) is 24.4. The summed E-state index contributed by atoms with van der Waals surface area (Å²) in [4.78, 5) is 11.7. The van der Waals surface area contributed by atoms with Gasteiger partial charge in [0.2, 0.25) is 0 Å². The summed E-state index contributed by atoms with van der Waals surface area (Å²) in [6, 6.07) is 0. The van der Waals surface area contributed by atoms with Crippen molar-refractivity contribution >= 4 is 5.78 Å². The van der Waals surface area contributed by atoms with Crippen LogP contribution < -0.4 is 0 Å². The molecule has 0 aromatic carbocycles. The van der Waals surface area contributed by atoms with E-state index in [1.807, 2.05) is 13.8 Å². The summed E-state index contributed by atoms with van der Waals surface area (Å²) in [6.07, 6.45) is 11.1. The lowest BCUT2D eigenvalue weighted by atomic mass is 9.35. The third kappa shape index (κ3) is 3.53. The van der Waals surface area contributed by atoms with Crippen molar-refractivity contribution in [1.29, 1.82) is 0 Å². The standard InChI is InChI=1S/C29H46O4/c1-18(19(2)31)7-8-20-11-13-28(5)21(15-20)9-10-24-26(3)16-22(32)25(33)27(4,17-30)23(26)12-14-29(24,28)6/h9,15,18,22-25,30,32-33H,7-8,10-14,16-17H2,1-6H3/t18-,22-,23-,24-,25+,26+,27+,28-,29-/m1/s1. The average Bonchev–Trinajstić information content (AvgIpc) is 2.76. The molecular weight excluding hydrogens is 412 g/mol. The molecule has 0 aromatic heterocycles. The molecular formula is C29H46O4. The van der Waals surface area contributed by atoms with E-state index in [2.05, 4.69) is 32.9 Å². The first-order chi connectivity index (χ1) is 15.3. The Kier molecular flexibility index (Phi) is 6.33. The number of fused-ring (bicyclic) bond motifs is 5. The van der Waals surface area contributed by atoms with Gasteiger partial charge in [-0.3, -0.25) is 4.79 Å². The van der Waals surface area contributed by atoms with Crippen molar-refractivity contribution in [2.45, 2.75) is 105 Å². The van der Waals surface area contributed by atoms with Crippen molar-refractivity contribution in [3.05, 3.63) is 23.3 Å². The number of aliphatic hydroxyl groups excluding tert-OH is 3. The van der Waals surface area contributed by atoms with Crippen molar-refractivity contribution in [3.63, 3.8) is 0 Å². The molecule has 0 radical (unpaired) electrons. The second-order valence-corrected chi connectivity index (χ2v) is 13.0. The first-order valence-corrected chi connectivity index (χ1v) is 13.2. The van der Waals surface area contributed by atoms with Gasteiger partial charge in [0.25, 0.3) is 0 Å². The van der Waals surface area contributed by atoms with Crippen LogP contribution in [0.2, 0.25) is 0 Å². The SMILES string of the molecule is CC(=O)[C@H](C)CCC1=CC2=CC[C@@H]3[C@@]4(C)C[C@@H](O)[C@H](O)[C@@](C)(CO)[C@@H]4CC[C@@]3(C)[C@]2(C)CC1. The van der Waals surface area contributed by atoms with Gasteiger partial charge in [-0.05, 0) is 91.9 Å². The molecule has 0 heterocycles. The fourth-order valence-electron chi connectivity index (χ4n) is 8.84. The fourth-order valence-corrected chi connectivity index (χ4v) is 8.84. The number of hydrogen-bond acceptors (Lipinski definition) is 4. The quantitative estimate of drug-likeness (QED) is 0.528. The third-order valence-electron chi connectivity index (χ3n) is 11.5. The summed E-state index contributed by atoms with van der Waals surface area (Å²) < 4.78 is 0. The molecule has 0 aliphatic heterocycles. The zero-order valence-corrected chi connectivity index (χ0v) is 21.7. The van der Waals surface area contributed by atoms with Gasteiger partial charge in [0.15, 0.2) is 0 Å². The molecule has 0 unspecified atom stereocenters. The molecule has 33 heavy (non-hydrogen) atoms. The van der Waals surface area contributed by atoms with E-state index in [4.69, 9.17) is 0 Å². The van der Waals surface area contributed by atoms with Crippen LogP contribution >= 0.6 is 0 Å². The van der Waals surface area contributed by atoms with E-state index in [1.54, 1.807) is 6.92 Å². The molecule has 0 amide bonds. The first kappa shape index (κ1) is 25.1. The number of carbonyl (C=O) groups is 1. The second-order valence-electron chi connectivity index (χ2n) is 13.0. The van der Waals surface area contributed by atoms with Crippen LogP contribution in [0.25, 0.3) is 0 Å². The highest BCUT2D eigenvalue weighted by Gasteiger charge is 2.67. The minimum absolute atomic E-state index is 0.0853. The molecule has 2 fully saturated rings. The molecule has 4 aliphatic rings. The summed E-state index contributed by atoms with van der Waals surface area (Å²) in [5.41, 5.74) is 2.39. The van der Waals surface area contributed by atoms with E-state index < -0.39 is 17.6 Å². The van der Waals surface area contributed by atoms with Crippen LogP contribution in [-0.4, -0.2) is 39.9 Å². The molecule has 4 heteroatoms. The number of Topliss-reactive ketones (excluding diaryl/α,β-unsaturated/α-hetero) is 1. The molecule has 186 valence electrons. The number of hydrogen-bond donors (Lipinski definition) is 3. The van der Waals surface area contributed by atoms with Gasteiger partial charge in [-0.15, -0.1) is 0 Å². The summed E-state index contributed by atoms with van der Waals surface area (Å²) in [7, 11) is 0. The van der Waals surface area contributed by atoms with Crippen molar-refractivity contribution in [1.82, 2.24) is 0 Å².